The highest BCUT2D eigenvalue weighted by atomic mass is 32.2. The Morgan fingerprint density at radius 3 is 2.60 bits per heavy atom. The zero-order valence-electron chi connectivity index (χ0n) is 11.0. The average molecular weight is 286 g/mol. The van der Waals surface area contributed by atoms with Gasteiger partial charge in [-0.3, -0.25) is 4.72 Å². The molecule has 0 aliphatic heterocycles. The summed E-state index contributed by atoms with van der Waals surface area (Å²) in [5.41, 5.74) is 2.37. The molecule has 0 unspecified atom stereocenters. The third kappa shape index (κ3) is 3.59. The number of hydrogen-bond donors (Lipinski definition) is 1. The maximum atomic E-state index is 12.1. The highest BCUT2D eigenvalue weighted by Crippen LogP contribution is 2.16. The summed E-state index contributed by atoms with van der Waals surface area (Å²) < 4.78 is 26.8. The molecule has 0 saturated carbocycles. The van der Waals surface area contributed by atoms with E-state index in [0.29, 0.717) is 16.8 Å². The Hall–Kier alpha value is -2.32. The number of rotatable bonds is 4. The Kier molecular flexibility index (Phi) is 4.06. The molecule has 0 aliphatic rings. The Morgan fingerprint density at radius 2 is 1.90 bits per heavy atom. The predicted octanol–water partition coefficient (Wildman–Crippen LogP) is 2.81. The van der Waals surface area contributed by atoms with Gasteiger partial charge in [-0.2, -0.15) is 5.26 Å². The zero-order chi connectivity index (χ0) is 14.6. The van der Waals surface area contributed by atoms with Gasteiger partial charge in [-0.25, -0.2) is 8.42 Å². The highest BCUT2D eigenvalue weighted by molar-refractivity contribution is 7.91. The summed E-state index contributed by atoms with van der Waals surface area (Å²) in [6.07, 6.45) is 0. The molecule has 0 aromatic heterocycles. The maximum Gasteiger partial charge on any atom is 0.236 e. The smallest absolute Gasteiger partial charge is 0.236 e. The van der Waals surface area contributed by atoms with Crippen molar-refractivity contribution in [2.24, 2.45) is 0 Å². The van der Waals surface area contributed by atoms with Crippen LogP contribution >= 0.6 is 0 Å². The van der Waals surface area contributed by atoms with E-state index in [-0.39, 0.29) is 5.75 Å². The molecule has 0 fully saturated rings. The first kappa shape index (κ1) is 14.1. The Bertz CT molecular complexity index is 761. The van der Waals surface area contributed by atoms with E-state index in [1.54, 1.807) is 42.5 Å². The molecule has 0 bridgehead atoms. The van der Waals surface area contributed by atoms with Gasteiger partial charge in [0.15, 0.2) is 0 Å². The van der Waals surface area contributed by atoms with Crippen LogP contribution in [-0.4, -0.2) is 8.42 Å². The first-order valence-corrected chi connectivity index (χ1v) is 7.70. The molecule has 1 N–H and O–H groups in total. The van der Waals surface area contributed by atoms with Crippen LogP contribution in [0.5, 0.6) is 0 Å². The van der Waals surface area contributed by atoms with E-state index < -0.39 is 10.0 Å². The Morgan fingerprint density at radius 1 is 1.15 bits per heavy atom. The van der Waals surface area contributed by atoms with E-state index in [1.807, 2.05) is 19.1 Å². The summed E-state index contributed by atoms with van der Waals surface area (Å²) in [6.45, 7) is 1.89. The van der Waals surface area contributed by atoms with Gasteiger partial charge in [0, 0.05) is 5.69 Å². The monoisotopic (exact) mass is 286 g/mol. The van der Waals surface area contributed by atoms with Gasteiger partial charge in [-0.15, -0.1) is 0 Å². The number of sulfonamides is 1. The first-order valence-electron chi connectivity index (χ1n) is 6.05. The molecule has 2 rings (SSSR count). The fourth-order valence-corrected chi connectivity index (χ4v) is 3.10. The van der Waals surface area contributed by atoms with Crippen molar-refractivity contribution >= 4 is 15.7 Å². The molecule has 5 heteroatoms. The van der Waals surface area contributed by atoms with Gasteiger partial charge in [0.1, 0.15) is 0 Å². The maximum absolute atomic E-state index is 12.1. The SMILES string of the molecule is Cc1cccc(NS(=O)(=O)Cc2ccccc2C#N)c1. The van der Waals surface area contributed by atoms with Crippen LogP contribution in [0, 0.1) is 18.3 Å². The number of aryl methyl sites for hydroxylation is 1. The first-order chi connectivity index (χ1) is 9.50. The van der Waals surface area contributed by atoms with E-state index in [9.17, 15) is 8.42 Å². The van der Waals surface area contributed by atoms with Gasteiger partial charge in [0.2, 0.25) is 10.0 Å². The van der Waals surface area contributed by atoms with Gasteiger partial charge < -0.3 is 0 Å². The van der Waals surface area contributed by atoms with Crippen LogP contribution < -0.4 is 4.72 Å². The van der Waals surface area contributed by atoms with Crippen LogP contribution in [0.1, 0.15) is 16.7 Å². The minimum absolute atomic E-state index is 0.218. The number of nitrogens with one attached hydrogen (secondary N) is 1. The second-order valence-corrected chi connectivity index (χ2v) is 6.22. The van der Waals surface area contributed by atoms with Crippen molar-refractivity contribution < 1.29 is 8.42 Å². The summed E-state index contributed by atoms with van der Waals surface area (Å²) in [4.78, 5) is 0. The lowest BCUT2D eigenvalue weighted by Gasteiger charge is -2.09. The quantitative estimate of drug-likeness (QED) is 0.939. The van der Waals surface area contributed by atoms with E-state index >= 15 is 0 Å². The minimum atomic E-state index is -3.54. The molecular formula is C15H14N2O2S. The van der Waals surface area contributed by atoms with Crippen molar-refractivity contribution in [3.05, 3.63) is 65.2 Å². The molecular weight excluding hydrogens is 272 g/mol. The molecule has 0 radical (unpaired) electrons. The number of nitriles is 1. The standard InChI is InChI=1S/C15H14N2O2S/c1-12-5-4-8-15(9-12)17-20(18,19)11-14-7-3-2-6-13(14)10-16/h2-9,17H,11H2,1H3. The molecule has 2 aromatic carbocycles. The molecule has 4 nitrogen and oxygen atoms in total. The van der Waals surface area contributed by atoms with Crippen LogP contribution in [0.2, 0.25) is 0 Å². The van der Waals surface area contributed by atoms with Gasteiger partial charge in [0.05, 0.1) is 17.4 Å². The third-order valence-electron chi connectivity index (χ3n) is 2.77. The van der Waals surface area contributed by atoms with Crippen molar-refractivity contribution in [2.75, 3.05) is 4.72 Å². The van der Waals surface area contributed by atoms with E-state index in [1.165, 1.54) is 0 Å². The Balaban J connectivity index is 2.22. The predicted molar refractivity (Wildman–Crippen MR) is 78.6 cm³/mol. The van der Waals surface area contributed by atoms with Gasteiger partial charge in [-0.05, 0) is 36.2 Å². The summed E-state index contributed by atoms with van der Waals surface area (Å²) in [5.74, 6) is -0.218. The molecule has 0 aliphatic carbocycles. The topological polar surface area (TPSA) is 70.0 Å². The molecule has 102 valence electrons. The fourth-order valence-electron chi connectivity index (χ4n) is 1.88. The molecule has 2 aromatic rings. The lowest BCUT2D eigenvalue weighted by molar-refractivity contribution is 0.600. The van der Waals surface area contributed by atoms with Gasteiger partial charge in [-0.1, -0.05) is 30.3 Å². The number of benzene rings is 2. The van der Waals surface area contributed by atoms with Crippen LogP contribution in [0.25, 0.3) is 0 Å². The third-order valence-corrected chi connectivity index (χ3v) is 4.01. The normalized spacial score (nSPS) is 10.8. The number of hydrogen-bond acceptors (Lipinski definition) is 3. The lowest BCUT2D eigenvalue weighted by Crippen LogP contribution is -2.15. The lowest BCUT2D eigenvalue weighted by atomic mass is 10.1. The van der Waals surface area contributed by atoms with E-state index in [4.69, 9.17) is 5.26 Å². The minimum Gasteiger partial charge on any atom is -0.283 e. The van der Waals surface area contributed by atoms with E-state index in [2.05, 4.69) is 4.72 Å². The summed E-state index contributed by atoms with van der Waals surface area (Å²) >= 11 is 0. The fraction of sp³-hybridized carbons (Fsp3) is 0.133. The highest BCUT2D eigenvalue weighted by Gasteiger charge is 2.14. The second kappa shape index (κ2) is 5.76. The van der Waals surface area contributed by atoms with Gasteiger partial charge >= 0.3 is 0 Å². The largest absolute Gasteiger partial charge is 0.283 e. The van der Waals surface area contributed by atoms with Gasteiger partial charge in [0.25, 0.3) is 0 Å². The van der Waals surface area contributed by atoms with Crippen molar-refractivity contribution in [3.8, 4) is 6.07 Å². The summed E-state index contributed by atoms with van der Waals surface area (Å²) in [5, 5.41) is 8.98. The molecule has 0 heterocycles. The van der Waals surface area contributed by atoms with Crippen molar-refractivity contribution in [1.29, 1.82) is 5.26 Å². The van der Waals surface area contributed by atoms with Crippen LogP contribution in [0.4, 0.5) is 5.69 Å². The number of anilines is 1. The Labute approximate surface area is 118 Å². The van der Waals surface area contributed by atoms with Crippen molar-refractivity contribution in [2.45, 2.75) is 12.7 Å². The molecule has 0 atom stereocenters. The molecule has 0 amide bonds. The molecule has 0 saturated heterocycles. The summed E-state index contributed by atoms with van der Waals surface area (Å²) in [7, 11) is -3.54. The average Bonchev–Trinajstić information content (AvgIpc) is 2.38. The number of nitrogens with zero attached hydrogens (tertiary/aromatic N) is 1. The molecule has 0 spiro atoms. The van der Waals surface area contributed by atoms with Crippen LogP contribution in [-0.2, 0) is 15.8 Å². The van der Waals surface area contributed by atoms with Crippen LogP contribution in [0.3, 0.4) is 0 Å². The van der Waals surface area contributed by atoms with Crippen molar-refractivity contribution in [1.82, 2.24) is 0 Å². The van der Waals surface area contributed by atoms with Crippen molar-refractivity contribution in [3.63, 3.8) is 0 Å². The van der Waals surface area contributed by atoms with E-state index in [0.717, 1.165) is 5.56 Å². The zero-order valence-corrected chi connectivity index (χ0v) is 11.8. The molecule has 20 heavy (non-hydrogen) atoms. The van der Waals surface area contributed by atoms with Crippen LogP contribution in [0.15, 0.2) is 48.5 Å². The summed E-state index contributed by atoms with van der Waals surface area (Å²) in [6, 6.07) is 15.8. The second-order valence-electron chi connectivity index (χ2n) is 4.50.